The molecular weight excluding hydrogens is 126 g/mol. The molecule has 1 atom stereocenters. The molecule has 0 aromatic rings. The van der Waals surface area contributed by atoms with Gasteiger partial charge in [0, 0.05) is 0 Å². The van der Waals surface area contributed by atoms with Gasteiger partial charge in [-0.05, 0) is 13.3 Å². The standard InChI is InChI=1S/C6H12F2O/c1-3-4-6(2,9)5(7)8/h5,9H,3-4H2,1-2H3. The molecule has 1 unspecified atom stereocenters. The third-order valence-corrected chi connectivity index (χ3v) is 1.23. The second-order valence-electron chi connectivity index (χ2n) is 2.41. The van der Waals surface area contributed by atoms with Crippen LogP contribution in [0, 0.1) is 0 Å². The molecule has 9 heavy (non-hydrogen) atoms. The molecule has 56 valence electrons. The first kappa shape index (κ1) is 8.82. The van der Waals surface area contributed by atoms with Crippen molar-refractivity contribution >= 4 is 0 Å². The van der Waals surface area contributed by atoms with Gasteiger partial charge in [-0.25, -0.2) is 8.78 Å². The van der Waals surface area contributed by atoms with E-state index in [9.17, 15) is 8.78 Å². The van der Waals surface area contributed by atoms with Crippen LogP contribution in [-0.2, 0) is 0 Å². The predicted molar refractivity (Wildman–Crippen MR) is 31.5 cm³/mol. The lowest BCUT2D eigenvalue weighted by atomic mass is 10.0. The highest BCUT2D eigenvalue weighted by Crippen LogP contribution is 2.19. The average Bonchev–Trinajstić information content (AvgIpc) is 1.65. The van der Waals surface area contributed by atoms with E-state index in [0.29, 0.717) is 6.42 Å². The van der Waals surface area contributed by atoms with Crippen molar-refractivity contribution in [3.8, 4) is 0 Å². The maximum atomic E-state index is 11.7. The Morgan fingerprint density at radius 1 is 1.56 bits per heavy atom. The smallest absolute Gasteiger partial charge is 0.266 e. The van der Waals surface area contributed by atoms with Crippen LogP contribution in [0.1, 0.15) is 26.7 Å². The molecule has 0 bridgehead atoms. The minimum absolute atomic E-state index is 0.157. The number of aliphatic hydroxyl groups is 1. The van der Waals surface area contributed by atoms with Gasteiger partial charge in [0.1, 0.15) is 5.60 Å². The SMILES string of the molecule is CCCC(C)(O)C(F)F. The van der Waals surface area contributed by atoms with Crippen LogP contribution in [0.2, 0.25) is 0 Å². The van der Waals surface area contributed by atoms with Crippen LogP contribution < -0.4 is 0 Å². The summed E-state index contributed by atoms with van der Waals surface area (Å²) in [4.78, 5) is 0. The van der Waals surface area contributed by atoms with E-state index in [1.807, 2.05) is 0 Å². The van der Waals surface area contributed by atoms with Gasteiger partial charge in [-0.1, -0.05) is 13.3 Å². The molecular formula is C6H12F2O. The summed E-state index contributed by atoms with van der Waals surface area (Å²) < 4.78 is 23.5. The fraction of sp³-hybridized carbons (Fsp3) is 1.00. The fourth-order valence-electron chi connectivity index (χ4n) is 0.615. The summed E-state index contributed by atoms with van der Waals surface area (Å²) >= 11 is 0. The average molecular weight is 138 g/mol. The van der Waals surface area contributed by atoms with E-state index < -0.39 is 12.0 Å². The molecule has 0 amide bonds. The Morgan fingerprint density at radius 3 is 2.11 bits per heavy atom. The van der Waals surface area contributed by atoms with Gasteiger partial charge in [0.05, 0.1) is 0 Å². The minimum Gasteiger partial charge on any atom is -0.384 e. The molecule has 0 aliphatic rings. The molecule has 0 aliphatic heterocycles. The number of halogens is 2. The predicted octanol–water partition coefficient (Wildman–Crippen LogP) is 1.80. The maximum Gasteiger partial charge on any atom is 0.266 e. The first-order valence-corrected chi connectivity index (χ1v) is 3.01. The minimum atomic E-state index is -2.63. The molecule has 1 N–H and O–H groups in total. The van der Waals surface area contributed by atoms with Gasteiger partial charge in [0.2, 0.25) is 0 Å². The third-order valence-electron chi connectivity index (χ3n) is 1.23. The van der Waals surface area contributed by atoms with Gasteiger partial charge in [-0.3, -0.25) is 0 Å². The Kier molecular flexibility index (Phi) is 3.04. The molecule has 3 heteroatoms. The quantitative estimate of drug-likeness (QED) is 0.630. The van der Waals surface area contributed by atoms with Crippen molar-refractivity contribution in [2.24, 2.45) is 0 Å². The van der Waals surface area contributed by atoms with E-state index in [4.69, 9.17) is 5.11 Å². The van der Waals surface area contributed by atoms with E-state index in [0.717, 1.165) is 6.92 Å². The van der Waals surface area contributed by atoms with Crippen molar-refractivity contribution in [3.63, 3.8) is 0 Å². The van der Waals surface area contributed by atoms with Crippen LogP contribution in [0.15, 0.2) is 0 Å². The third kappa shape index (κ3) is 2.75. The van der Waals surface area contributed by atoms with Crippen LogP contribution in [0.3, 0.4) is 0 Å². The molecule has 0 rings (SSSR count). The summed E-state index contributed by atoms with van der Waals surface area (Å²) in [6, 6.07) is 0. The Bertz CT molecular complexity index is 81.1. The molecule has 0 radical (unpaired) electrons. The molecule has 0 aromatic carbocycles. The van der Waals surface area contributed by atoms with Gasteiger partial charge in [-0.15, -0.1) is 0 Å². The summed E-state index contributed by atoms with van der Waals surface area (Å²) in [5.74, 6) is 0. The lowest BCUT2D eigenvalue weighted by Crippen LogP contribution is -2.32. The normalized spacial score (nSPS) is 18.0. The highest BCUT2D eigenvalue weighted by molar-refractivity contribution is 4.73. The van der Waals surface area contributed by atoms with Crippen LogP contribution in [0.25, 0.3) is 0 Å². The monoisotopic (exact) mass is 138 g/mol. The van der Waals surface area contributed by atoms with E-state index >= 15 is 0 Å². The zero-order valence-corrected chi connectivity index (χ0v) is 5.69. The summed E-state index contributed by atoms with van der Waals surface area (Å²) in [5.41, 5.74) is -1.78. The fourth-order valence-corrected chi connectivity index (χ4v) is 0.615. The van der Waals surface area contributed by atoms with Gasteiger partial charge in [-0.2, -0.15) is 0 Å². The number of hydrogen-bond donors (Lipinski definition) is 1. The zero-order chi connectivity index (χ0) is 7.49. The molecule has 0 fully saturated rings. The topological polar surface area (TPSA) is 20.2 Å². The molecule has 0 saturated heterocycles. The molecule has 0 saturated carbocycles. The maximum absolute atomic E-state index is 11.7. The summed E-state index contributed by atoms with van der Waals surface area (Å²) in [7, 11) is 0. The molecule has 0 aromatic heterocycles. The Balaban J connectivity index is 3.70. The Labute approximate surface area is 53.7 Å². The summed E-state index contributed by atoms with van der Waals surface area (Å²) in [6.45, 7) is 2.91. The zero-order valence-electron chi connectivity index (χ0n) is 5.69. The van der Waals surface area contributed by atoms with Crippen LogP contribution in [0.4, 0.5) is 8.78 Å². The van der Waals surface area contributed by atoms with E-state index in [-0.39, 0.29) is 6.42 Å². The lowest BCUT2D eigenvalue weighted by molar-refractivity contribution is -0.0879. The van der Waals surface area contributed by atoms with Gasteiger partial charge < -0.3 is 5.11 Å². The molecule has 0 heterocycles. The second kappa shape index (κ2) is 3.11. The van der Waals surface area contributed by atoms with Crippen molar-refractivity contribution in [2.45, 2.75) is 38.7 Å². The van der Waals surface area contributed by atoms with Crippen molar-refractivity contribution in [2.75, 3.05) is 0 Å². The van der Waals surface area contributed by atoms with Gasteiger partial charge in [0.25, 0.3) is 6.43 Å². The number of hydrogen-bond acceptors (Lipinski definition) is 1. The Hall–Kier alpha value is -0.180. The lowest BCUT2D eigenvalue weighted by Gasteiger charge is -2.20. The molecule has 1 nitrogen and oxygen atoms in total. The highest BCUT2D eigenvalue weighted by atomic mass is 19.3. The van der Waals surface area contributed by atoms with Crippen LogP contribution >= 0.6 is 0 Å². The van der Waals surface area contributed by atoms with Crippen LogP contribution in [-0.4, -0.2) is 17.1 Å². The summed E-state index contributed by atoms with van der Waals surface area (Å²) in [5, 5.41) is 8.84. The van der Waals surface area contributed by atoms with Gasteiger partial charge in [0.15, 0.2) is 0 Å². The van der Waals surface area contributed by atoms with E-state index in [1.54, 1.807) is 6.92 Å². The summed E-state index contributed by atoms with van der Waals surface area (Å²) in [6.07, 6.45) is -1.89. The number of rotatable bonds is 3. The number of alkyl halides is 2. The van der Waals surface area contributed by atoms with Gasteiger partial charge >= 0.3 is 0 Å². The molecule has 0 spiro atoms. The van der Waals surface area contributed by atoms with Crippen molar-refractivity contribution in [1.82, 2.24) is 0 Å². The molecule has 0 aliphatic carbocycles. The van der Waals surface area contributed by atoms with Crippen molar-refractivity contribution in [3.05, 3.63) is 0 Å². The highest BCUT2D eigenvalue weighted by Gasteiger charge is 2.30. The van der Waals surface area contributed by atoms with Crippen molar-refractivity contribution in [1.29, 1.82) is 0 Å². The van der Waals surface area contributed by atoms with Crippen LogP contribution in [0.5, 0.6) is 0 Å². The van der Waals surface area contributed by atoms with Crippen molar-refractivity contribution < 1.29 is 13.9 Å². The second-order valence-corrected chi connectivity index (χ2v) is 2.41. The Morgan fingerprint density at radius 2 is 2.00 bits per heavy atom. The van der Waals surface area contributed by atoms with E-state index in [2.05, 4.69) is 0 Å². The first-order valence-electron chi connectivity index (χ1n) is 3.01. The van der Waals surface area contributed by atoms with E-state index in [1.165, 1.54) is 0 Å². The largest absolute Gasteiger partial charge is 0.384 e. The first-order chi connectivity index (χ1) is 4.00.